The predicted octanol–water partition coefficient (Wildman–Crippen LogP) is 3.17. The summed E-state index contributed by atoms with van der Waals surface area (Å²) in [6, 6.07) is 6.30. The second-order valence-electron chi connectivity index (χ2n) is 6.21. The van der Waals surface area contributed by atoms with Gasteiger partial charge in [-0.2, -0.15) is 0 Å². The summed E-state index contributed by atoms with van der Waals surface area (Å²) in [5.41, 5.74) is 0.511. The van der Waals surface area contributed by atoms with Gasteiger partial charge in [0.15, 0.2) is 0 Å². The highest BCUT2D eigenvalue weighted by atomic mass is 19.1. The maximum absolute atomic E-state index is 13.1. The van der Waals surface area contributed by atoms with Crippen LogP contribution in [0.5, 0.6) is 0 Å². The minimum absolute atomic E-state index is 0.0607. The number of nitrogens with one attached hydrogen (secondary N) is 2. The van der Waals surface area contributed by atoms with Crippen LogP contribution in [0.1, 0.15) is 51.6 Å². The molecule has 2 rings (SSSR count). The van der Waals surface area contributed by atoms with E-state index in [1.807, 2.05) is 6.92 Å². The highest BCUT2D eigenvalue weighted by Gasteiger charge is 2.40. The molecular weight excluding hydrogens is 267 g/mol. The van der Waals surface area contributed by atoms with Crippen molar-refractivity contribution in [2.45, 2.75) is 51.6 Å². The lowest BCUT2D eigenvalue weighted by molar-refractivity contribution is -0.128. The number of rotatable bonds is 5. The van der Waals surface area contributed by atoms with Crippen LogP contribution in [0.2, 0.25) is 0 Å². The second kappa shape index (κ2) is 6.56. The lowest BCUT2D eigenvalue weighted by Gasteiger charge is -2.31. The maximum atomic E-state index is 13.1. The molecule has 1 aromatic rings. The molecule has 1 saturated heterocycles. The van der Waals surface area contributed by atoms with Crippen LogP contribution in [0, 0.1) is 11.7 Å². The van der Waals surface area contributed by atoms with E-state index in [4.69, 9.17) is 0 Å². The first-order valence-corrected chi connectivity index (χ1v) is 7.80. The molecule has 116 valence electrons. The molecule has 3 nitrogen and oxygen atoms in total. The van der Waals surface area contributed by atoms with Crippen molar-refractivity contribution in [2.24, 2.45) is 5.92 Å². The standard InChI is InChI=1S/C17H25FN2O/c1-4-17(10-5-11-19-17)16(21)20-15(12(2)3)13-6-8-14(18)9-7-13/h6-9,12,15,19H,4-5,10-11H2,1-3H3,(H,20,21). The fraction of sp³-hybridized carbons (Fsp3) is 0.588. The lowest BCUT2D eigenvalue weighted by atomic mass is 9.90. The van der Waals surface area contributed by atoms with Gasteiger partial charge in [-0.05, 0) is 49.4 Å². The number of benzene rings is 1. The fourth-order valence-electron chi connectivity index (χ4n) is 3.05. The Kier molecular flexibility index (Phi) is 4.99. The monoisotopic (exact) mass is 292 g/mol. The third-order valence-corrected chi connectivity index (χ3v) is 4.46. The topological polar surface area (TPSA) is 41.1 Å². The van der Waals surface area contributed by atoms with Crippen LogP contribution in [0.25, 0.3) is 0 Å². The minimum atomic E-state index is -0.437. The normalized spacial score (nSPS) is 23.3. The molecule has 1 fully saturated rings. The molecule has 0 radical (unpaired) electrons. The van der Waals surface area contributed by atoms with Crippen LogP contribution < -0.4 is 10.6 Å². The van der Waals surface area contributed by atoms with Crippen molar-refractivity contribution in [1.82, 2.24) is 10.6 Å². The Morgan fingerprint density at radius 2 is 2.05 bits per heavy atom. The van der Waals surface area contributed by atoms with E-state index in [2.05, 4.69) is 24.5 Å². The first kappa shape index (κ1) is 16.0. The van der Waals surface area contributed by atoms with Gasteiger partial charge in [0.2, 0.25) is 5.91 Å². The maximum Gasteiger partial charge on any atom is 0.240 e. The average molecular weight is 292 g/mol. The summed E-state index contributed by atoms with van der Waals surface area (Å²) < 4.78 is 13.1. The Morgan fingerprint density at radius 1 is 1.38 bits per heavy atom. The van der Waals surface area contributed by atoms with E-state index in [-0.39, 0.29) is 23.7 Å². The van der Waals surface area contributed by atoms with Gasteiger partial charge in [0.05, 0.1) is 11.6 Å². The zero-order valence-corrected chi connectivity index (χ0v) is 13.1. The SMILES string of the molecule is CCC1(C(=O)NC(c2ccc(F)cc2)C(C)C)CCCN1. The molecule has 1 aliphatic heterocycles. The molecule has 0 bridgehead atoms. The second-order valence-corrected chi connectivity index (χ2v) is 6.21. The molecular formula is C17H25FN2O. The Balaban J connectivity index is 2.16. The molecule has 1 amide bonds. The molecule has 4 heteroatoms. The predicted molar refractivity (Wildman–Crippen MR) is 82.4 cm³/mol. The molecule has 0 aliphatic carbocycles. The first-order valence-electron chi connectivity index (χ1n) is 7.80. The third-order valence-electron chi connectivity index (χ3n) is 4.46. The lowest BCUT2D eigenvalue weighted by Crippen LogP contribution is -2.54. The van der Waals surface area contributed by atoms with Crippen molar-refractivity contribution < 1.29 is 9.18 Å². The van der Waals surface area contributed by atoms with E-state index < -0.39 is 5.54 Å². The zero-order valence-electron chi connectivity index (χ0n) is 13.1. The summed E-state index contributed by atoms with van der Waals surface area (Å²) in [6.45, 7) is 7.06. The van der Waals surface area contributed by atoms with Crippen LogP contribution in [0.4, 0.5) is 4.39 Å². The van der Waals surface area contributed by atoms with Crippen molar-refractivity contribution >= 4 is 5.91 Å². The summed E-state index contributed by atoms with van der Waals surface area (Å²) >= 11 is 0. The molecule has 2 unspecified atom stereocenters. The number of carbonyl (C=O) groups is 1. The molecule has 0 aromatic heterocycles. The number of hydrogen-bond acceptors (Lipinski definition) is 2. The van der Waals surface area contributed by atoms with Gasteiger partial charge in [-0.25, -0.2) is 4.39 Å². The summed E-state index contributed by atoms with van der Waals surface area (Å²) in [5, 5.41) is 6.51. The first-order chi connectivity index (χ1) is 9.98. The van der Waals surface area contributed by atoms with Crippen molar-refractivity contribution in [3.8, 4) is 0 Å². The molecule has 2 N–H and O–H groups in total. The molecule has 21 heavy (non-hydrogen) atoms. The minimum Gasteiger partial charge on any atom is -0.347 e. The quantitative estimate of drug-likeness (QED) is 0.875. The molecule has 2 atom stereocenters. The largest absolute Gasteiger partial charge is 0.347 e. The average Bonchev–Trinajstić information content (AvgIpc) is 2.95. The number of halogens is 1. The van der Waals surface area contributed by atoms with Gasteiger partial charge in [-0.15, -0.1) is 0 Å². The number of hydrogen-bond donors (Lipinski definition) is 2. The van der Waals surface area contributed by atoms with Gasteiger partial charge in [0, 0.05) is 0 Å². The Labute approximate surface area is 126 Å². The van der Waals surface area contributed by atoms with Gasteiger partial charge in [0.25, 0.3) is 0 Å². The Morgan fingerprint density at radius 3 is 2.52 bits per heavy atom. The smallest absolute Gasteiger partial charge is 0.240 e. The van der Waals surface area contributed by atoms with Crippen LogP contribution in [0.15, 0.2) is 24.3 Å². The van der Waals surface area contributed by atoms with Crippen molar-refractivity contribution in [1.29, 1.82) is 0 Å². The van der Waals surface area contributed by atoms with Crippen LogP contribution >= 0.6 is 0 Å². The van der Waals surface area contributed by atoms with E-state index in [1.54, 1.807) is 12.1 Å². The van der Waals surface area contributed by atoms with Gasteiger partial charge in [-0.3, -0.25) is 4.79 Å². The molecule has 1 aromatic carbocycles. The summed E-state index contributed by atoms with van der Waals surface area (Å²) in [4.78, 5) is 12.7. The molecule has 1 heterocycles. The Bertz CT molecular complexity index is 478. The summed E-state index contributed by atoms with van der Waals surface area (Å²) in [7, 11) is 0. The van der Waals surface area contributed by atoms with Crippen LogP contribution in [-0.4, -0.2) is 18.0 Å². The van der Waals surface area contributed by atoms with Crippen molar-refractivity contribution in [3.63, 3.8) is 0 Å². The van der Waals surface area contributed by atoms with Crippen molar-refractivity contribution in [2.75, 3.05) is 6.54 Å². The third kappa shape index (κ3) is 3.43. The number of carbonyl (C=O) groups excluding carboxylic acids is 1. The fourth-order valence-corrected chi connectivity index (χ4v) is 3.05. The zero-order chi connectivity index (χ0) is 15.5. The van der Waals surface area contributed by atoms with Gasteiger partial charge in [-0.1, -0.05) is 32.9 Å². The van der Waals surface area contributed by atoms with E-state index in [1.165, 1.54) is 12.1 Å². The molecule has 0 spiro atoms. The number of amides is 1. The van der Waals surface area contributed by atoms with Crippen molar-refractivity contribution in [3.05, 3.63) is 35.6 Å². The Hall–Kier alpha value is -1.42. The summed E-state index contributed by atoms with van der Waals surface area (Å²) in [5.74, 6) is 0.0512. The van der Waals surface area contributed by atoms with E-state index in [0.29, 0.717) is 0 Å². The van der Waals surface area contributed by atoms with Gasteiger partial charge in [0.1, 0.15) is 5.82 Å². The highest BCUT2D eigenvalue weighted by molar-refractivity contribution is 5.87. The van der Waals surface area contributed by atoms with Crippen LogP contribution in [-0.2, 0) is 4.79 Å². The van der Waals surface area contributed by atoms with Gasteiger partial charge >= 0.3 is 0 Å². The van der Waals surface area contributed by atoms with Crippen LogP contribution in [0.3, 0.4) is 0 Å². The molecule has 0 saturated carbocycles. The van der Waals surface area contributed by atoms with E-state index >= 15 is 0 Å². The van der Waals surface area contributed by atoms with E-state index in [9.17, 15) is 9.18 Å². The summed E-state index contributed by atoms with van der Waals surface area (Å²) in [6.07, 6.45) is 2.70. The molecule has 1 aliphatic rings. The van der Waals surface area contributed by atoms with E-state index in [0.717, 1.165) is 31.4 Å². The highest BCUT2D eigenvalue weighted by Crippen LogP contribution is 2.27. The van der Waals surface area contributed by atoms with Gasteiger partial charge < -0.3 is 10.6 Å².